The summed E-state index contributed by atoms with van der Waals surface area (Å²) in [5.41, 5.74) is 0.348. The first-order valence-corrected chi connectivity index (χ1v) is 6.99. The van der Waals surface area contributed by atoms with Crippen molar-refractivity contribution in [3.8, 4) is 0 Å². The van der Waals surface area contributed by atoms with E-state index in [0.29, 0.717) is 12.2 Å². The Morgan fingerprint density at radius 1 is 1.24 bits per heavy atom. The second kappa shape index (κ2) is 4.97. The minimum absolute atomic E-state index is 0.00417. The molecule has 1 aromatic carbocycles. The number of nitrogens with zero attached hydrogens (tertiary/aromatic N) is 1. The third kappa shape index (κ3) is 2.21. The summed E-state index contributed by atoms with van der Waals surface area (Å²) in [6.45, 7) is 3.92. The lowest BCUT2D eigenvalue weighted by molar-refractivity contribution is -0.137. The predicted octanol–water partition coefficient (Wildman–Crippen LogP) is 2.47. The van der Waals surface area contributed by atoms with Crippen molar-refractivity contribution in [3.63, 3.8) is 0 Å². The number of para-hydroxylation sites is 1. The van der Waals surface area contributed by atoms with E-state index in [9.17, 15) is 9.59 Å². The first-order chi connectivity index (χ1) is 10.0. The molecule has 4 nitrogen and oxygen atoms in total. The molecular weight excluding hydrogens is 266 g/mol. The molecule has 2 unspecified atom stereocenters. The number of benzene rings is 1. The van der Waals surface area contributed by atoms with Crippen LogP contribution in [-0.2, 0) is 14.3 Å². The van der Waals surface area contributed by atoms with Crippen LogP contribution in [0, 0.1) is 5.92 Å². The third-order valence-corrected chi connectivity index (χ3v) is 3.86. The molecule has 2 aliphatic rings. The number of allylic oxidation sites excluding steroid dienone is 2. The van der Waals surface area contributed by atoms with E-state index in [4.69, 9.17) is 4.74 Å². The third-order valence-electron chi connectivity index (χ3n) is 3.86. The molecule has 1 fully saturated rings. The highest BCUT2D eigenvalue weighted by molar-refractivity contribution is 6.06. The molecule has 1 heterocycles. The average Bonchev–Trinajstić information content (AvgIpc) is 2.49. The number of hydrogen-bond acceptors (Lipinski definition) is 3. The van der Waals surface area contributed by atoms with Crippen molar-refractivity contribution in [1.82, 2.24) is 0 Å². The summed E-state index contributed by atoms with van der Waals surface area (Å²) >= 11 is 0. The number of rotatable bonds is 1. The van der Waals surface area contributed by atoms with Crippen LogP contribution in [0.4, 0.5) is 5.69 Å². The van der Waals surface area contributed by atoms with E-state index in [1.54, 1.807) is 24.0 Å². The normalized spacial score (nSPS) is 29.0. The van der Waals surface area contributed by atoms with Crippen LogP contribution in [0.2, 0.25) is 0 Å². The monoisotopic (exact) mass is 283 g/mol. The van der Waals surface area contributed by atoms with Gasteiger partial charge in [-0.05, 0) is 42.9 Å². The molecule has 1 aliphatic carbocycles. The molecule has 0 N–H and O–H groups in total. The van der Waals surface area contributed by atoms with Gasteiger partial charge in [0, 0.05) is 5.69 Å². The molecule has 108 valence electrons. The molecule has 0 aromatic heterocycles. The zero-order chi connectivity index (χ0) is 15.0. The Hall–Kier alpha value is -2.20. The van der Waals surface area contributed by atoms with Gasteiger partial charge >= 0.3 is 0 Å². The van der Waals surface area contributed by atoms with Crippen LogP contribution in [-0.4, -0.2) is 24.0 Å². The lowest BCUT2D eigenvalue weighted by Gasteiger charge is -2.46. The second-order valence-electron chi connectivity index (χ2n) is 5.50. The number of carbonyl (C=O) groups excluding carboxylic acids is 2. The number of ketones is 1. The average molecular weight is 283 g/mol. The lowest BCUT2D eigenvalue weighted by Crippen LogP contribution is -2.59. The summed E-state index contributed by atoms with van der Waals surface area (Å²) in [6, 6.07) is 9.40. The van der Waals surface area contributed by atoms with Crippen molar-refractivity contribution < 1.29 is 14.3 Å². The summed E-state index contributed by atoms with van der Waals surface area (Å²) < 4.78 is 5.96. The number of ether oxygens (including phenoxy) is 1. The van der Waals surface area contributed by atoms with Crippen LogP contribution >= 0.6 is 0 Å². The maximum Gasteiger partial charge on any atom is 0.234 e. The standard InChI is InChI=1S/C17H17NO3/c1-12-10-17(9-8-15(12)19)18(14-6-4-3-5-7-14)16(20)13(2)11-21-17/h3-10,13H,11H2,1-2H3. The van der Waals surface area contributed by atoms with E-state index in [1.165, 1.54) is 6.08 Å². The van der Waals surface area contributed by atoms with Crippen molar-refractivity contribution in [1.29, 1.82) is 0 Å². The Morgan fingerprint density at radius 2 is 1.95 bits per heavy atom. The van der Waals surface area contributed by atoms with Crippen LogP contribution in [0.3, 0.4) is 0 Å². The zero-order valence-corrected chi connectivity index (χ0v) is 12.1. The number of amides is 1. The molecule has 0 radical (unpaired) electrons. The Labute approximate surface area is 123 Å². The minimum Gasteiger partial charge on any atom is -0.347 e. The van der Waals surface area contributed by atoms with E-state index in [2.05, 4.69) is 0 Å². The molecule has 1 aliphatic heterocycles. The van der Waals surface area contributed by atoms with Gasteiger partial charge in [-0.1, -0.05) is 25.1 Å². The maximum absolute atomic E-state index is 12.7. The Bertz CT molecular complexity index is 647. The summed E-state index contributed by atoms with van der Waals surface area (Å²) in [5.74, 6) is -0.269. The summed E-state index contributed by atoms with van der Waals surface area (Å²) in [6.07, 6.45) is 4.87. The largest absolute Gasteiger partial charge is 0.347 e. The molecule has 4 heteroatoms. The van der Waals surface area contributed by atoms with Gasteiger partial charge in [0.2, 0.25) is 5.91 Å². The summed E-state index contributed by atoms with van der Waals surface area (Å²) in [4.78, 5) is 26.0. The number of anilines is 1. The van der Waals surface area contributed by atoms with Crippen molar-refractivity contribution in [2.45, 2.75) is 19.6 Å². The van der Waals surface area contributed by atoms with Crippen molar-refractivity contribution in [2.24, 2.45) is 5.92 Å². The quantitative estimate of drug-likeness (QED) is 0.795. The molecule has 1 amide bonds. The summed E-state index contributed by atoms with van der Waals surface area (Å²) in [7, 11) is 0. The highest BCUT2D eigenvalue weighted by Crippen LogP contribution is 2.36. The van der Waals surface area contributed by atoms with Gasteiger partial charge in [-0.3, -0.25) is 14.5 Å². The van der Waals surface area contributed by atoms with Gasteiger partial charge in [0.25, 0.3) is 0 Å². The van der Waals surface area contributed by atoms with E-state index >= 15 is 0 Å². The van der Waals surface area contributed by atoms with E-state index < -0.39 is 5.72 Å². The van der Waals surface area contributed by atoms with Crippen LogP contribution < -0.4 is 4.90 Å². The molecule has 21 heavy (non-hydrogen) atoms. The molecule has 1 spiro atoms. The lowest BCUT2D eigenvalue weighted by atomic mass is 9.94. The molecule has 0 bridgehead atoms. The number of carbonyl (C=O) groups is 2. The van der Waals surface area contributed by atoms with Gasteiger partial charge in [-0.15, -0.1) is 0 Å². The first-order valence-electron chi connectivity index (χ1n) is 6.99. The fourth-order valence-electron chi connectivity index (χ4n) is 2.68. The maximum atomic E-state index is 12.7. The summed E-state index contributed by atoms with van der Waals surface area (Å²) in [5, 5.41) is 0. The highest BCUT2D eigenvalue weighted by atomic mass is 16.5. The fourth-order valence-corrected chi connectivity index (χ4v) is 2.68. The van der Waals surface area contributed by atoms with Crippen LogP contribution in [0.1, 0.15) is 13.8 Å². The van der Waals surface area contributed by atoms with E-state index in [0.717, 1.165) is 5.69 Å². The molecule has 3 rings (SSSR count). The van der Waals surface area contributed by atoms with Gasteiger partial charge in [0.1, 0.15) is 0 Å². The van der Waals surface area contributed by atoms with Crippen molar-refractivity contribution >= 4 is 17.4 Å². The van der Waals surface area contributed by atoms with Gasteiger partial charge in [-0.25, -0.2) is 0 Å². The van der Waals surface area contributed by atoms with Crippen LogP contribution in [0.25, 0.3) is 0 Å². The Balaban J connectivity index is 2.12. The highest BCUT2D eigenvalue weighted by Gasteiger charge is 2.45. The van der Waals surface area contributed by atoms with Crippen LogP contribution in [0.15, 0.2) is 54.1 Å². The SMILES string of the molecule is CC1=CC2(C=CC1=O)OCC(C)C(=O)N2c1ccccc1. The van der Waals surface area contributed by atoms with E-state index in [-0.39, 0.29) is 17.6 Å². The smallest absolute Gasteiger partial charge is 0.234 e. The molecule has 2 atom stereocenters. The fraction of sp³-hybridized carbons (Fsp3) is 0.294. The topological polar surface area (TPSA) is 46.6 Å². The molecule has 0 saturated carbocycles. The van der Waals surface area contributed by atoms with E-state index in [1.807, 2.05) is 37.3 Å². The van der Waals surface area contributed by atoms with Gasteiger partial charge in [0.05, 0.1) is 12.5 Å². The number of hydrogen-bond donors (Lipinski definition) is 0. The van der Waals surface area contributed by atoms with Gasteiger partial charge < -0.3 is 4.74 Å². The van der Waals surface area contributed by atoms with Gasteiger partial charge in [0.15, 0.2) is 11.5 Å². The molecule has 1 saturated heterocycles. The van der Waals surface area contributed by atoms with Crippen molar-refractivity contribution in [2.75, 3.05) is 11.5 Å². The minimum atomic E-state index is -0.997. The molecular formula is C17H17NO3. The Kier molecular flexibility index (Phi) is 3.26. The second-order valence-corrected chi connectivity index (χ2v) is 5.50. The predicted molar refractivity (Wildman–Crippen MR) is 79.7 cm³/mol. The Morgan fingerprint density at radius 3 is 2.62 bits per heavy atom. The first kappa shape index (κ1) is 13.8. The van der Waals surface area contributed by atoms with Gasteiger partial charge in [-0.2, -0.15) is 0 Å². The zero-order valence-electron chi connectivity index (χ0n) is 12.1. The van der Waals surface area contributed by atoms with Crippen molar-refractivity contribution in [3.05, 3.63) is 54.1 Å². The van der Waals surface area contributed by atoms with Crippen LogP contribution in [0.5, 0.6) is 0 Å². The molecule has 1 aromatic rings.